The minimum absolute atomic E-state index is 0.338. The van der Waals surface area contributed by atoms with Gasteiger partial charge in [0, 0.05) is 0 Å². The number of para-hydroxylation sites is 1. The van der Waals surface area contributed by atoms with Gasteiger partial charge in [0.15, 0.2) is 0 Å². The van der Waals surface area contributed by atoms with Gasteiger partial charge in [0.05, 0.1) is 23.4 Å². The molecule has 5 nitrogen and oxygen atoms in total. The summed E-state index contributed by atoms with van der Waals surface area (Å²) in [5, 5.41) is 8.23. The van der Waals surface area contributed by atoms with Crippen LogP contribution >= 0.6 is 0 Å². The number of carbonyl (C=O) groups is 1. The van der Waals surface area contributed by atoms with E-state index >= 15 is 0 Å². The fraction of sp³-hybridized carbons (Fsp3) is 0.133. The molecule has 0 saturated heterocycles. The van der Waals surface area contributed by atoms with Crippen LogP contribution in [0.15, 0.2) is 48.5 Å². The van der Waals surface area contributed by atoms with E-state index in [0.717, 1.165) is 16.7 Å². The number of fused-ring (bicyclic) bond motifs is 1. The Morgan fingerprint density at radius 2 is 2.00 bits per heavy atom. The Morgan fingerprint density at radius 3 is 2.75 bits per heavy atom. The number of carbonyl (C=O) groups excluding carboxylic acids is 1. The first-order chi connectivity index (χ1) is 9.79. The van der Waals surface area contributed by atoms with Crippen molar-refractivity contribution in [1.29, 1.82) is 0 Å². The average Bonchev–Trinajstić information content (AvgIpc) is 2.91. The number of esters is 1. The van der Waals surface area contributed by atoms with Gasteiger partial charge in [-0.05, 0) is 37.3 Å². The van der Waals surface area contributed by atoms with E-state index in [0.29, 0.717) is 12.2 Å². The molecule has 0 aliphatic rings. The number of nitrogens with zero attached hydrogens (tertiary/aromatic N) is 3. The summed E-state index contributed by atoms with van der Waals surface area (Å²) in [7, 11) is 0. The molecule has 0 spiro atoms. The number of ether oxygens (including phenoxy) is 1. The zero-order chi connectivity index (χ0) is 13.9. The van der Waals surface area contributed by atoms with E-state index in [1.165, 1.54) is 0 Å². The van der Waals surface area contributed by atoms with Crippen LogP contribution in [0.5, 0.6) is 0 Å². The minimum Gasteiger partial charge on any atom is -0.462 e. The van der Waals surface area contributed by atoms with Crippen LogP contribution in [0, 0.1) is 0 Å². The summed E-state index contributed by atoms with van der Waals surface area (Å²) < 4.78 is 6.72. The third-order valence-corrected chi connectivity index (χ3v) is 2.96. The molecule has 0 radical (unpaired) electrons. The van der Waals surface area contributed by atoms with E-state index in [1.807, 2.05) is 30.3 Å². The molecule has 3 rings (SSSR count). The highest BCUT2D eigenvalue weighted by molar-refractivity contribution is 5.93. The molecule has 20 heavy (non-hydrogen) atoms. The molecule has 0 saturated carbocycles. The summed E-state index contributed by atoms with van der Waals surface area (Å²) in [6.45, 7) is 2.14. The maximum absolute atomic E-state index is 11.8. The predicted molar refractivity (Wildman–Crippen MR) is 74.8 cm³/mol. The minimum atomic E-state index is -0.338. The number of hydrogen-bond acceptors (Lipinski definition) is 4. The van der Waals surface area contributed by atoms with Crippen molar-refractivity contribution in [2.24, 2.45) is 0 Å². The zero-order valence-electron chi connectivity index (χ0n) is 11.0. The van der Waals surface area contributed by atoms with E-state index in [9.17, 15) is 4.79 Å². The van der Waals surface area contributed by atoms with Crippen LogP contribution in [-0.4, -0.2) is 27.6 Å². The van der Waals surface area contributed by atoms with Crippen molar-refractivity contribution in [3.8, 4) is 5.69 Å². The largest absolute Gasteiger partial charge is 0.462 e. The molecule has 1 heterocycles. The van der Waals surface area contributed by atoms with E-state index in [-0.39, 0.29) is 5.97 Å². The van der Waals surface area contributed by atoms with Gasteiger partial charge in [-0.2, -0.15) is 0 Å². The van der Waals surface area contributed by atoms with Crippen LogP contribution < -0.4 is 0 Å². The number of rotatable bonds is 3. The van der Waals surface area contributed by atoms with Crippen molar-refractivity contribution >= 4 is 17.0 Å². The molecule has 0 amide bonds. The maximum atomic E-state index is 11.8. The second kappa shape index (κ2) is 5.13. The molecule has 1 aromatic heterocycles. The highest BCUT2D eigenvalue weighted by Crippen LogP contribution is 2.18. The van der Waals surface area contributed by atoms with Crippen molar-refractivity contribution in [3.63, 3.8) is 0 Å². The Morgan fingerprint density at radius 1 is 1.20 bits per heavy atom. The summed E-state index contributed by atoms with van der Waals surface area (Å²) in [4.78, 5) is 11.8. The molecule has 2 aromatic carbocycles. The van der Waals surface area contributed by atoms with Gasteiger partial charge >= 0.3 is 5.97 Å². The van der Waals surface area contributed by atoms with Crippen molar-refractivity contribution in [2.75, 3.05) is 6.61 Å². The van der Waals surface area contributed by atoms with Crippen LogP contribution in [0.1, 0.15) is 17.3 Å². The maximum Gasteiger partial charge on any atom is 0.338 e. The van der Waals surface area contributed by atoms with Gasteiger partial charge < -0.3 is 4.74 Å². The van der Waals surface area contributed by atoms with Crippen LogP contribution in [-0.2, 0) is 4.74 Å². The molecular weight excluding hydrogens is 254 g/mol. The third kappa shape index (κ3) is 2.14. The Hall–Kier alpha value is -2.69. The van der Waals surface area contributed by atoms with Crippen molar-refractivity contribution in [1.82, 2.24) is 15.0 Å². The second-order valence-corrected chi connectivity index (χ2v) is 4.26. The van der Waals surface area contributed by atoms with E-state index < -0.39 is 0 Å². The molecule has 0 aliphatic carbocycles. The molecule has 0 aliphatic heterocycles. The predicted octanol–water partition coefficient (Wildman–Crippen LogP) is 2.60. The van der Waals surface area contributed by atoms with Crippen LogP contribution in [0.3, 0.4) is 0 Å². The lowest BCUT2D eigenvalue weighted by atomic mass is 10.2. The molecule has 5 heteroatoms. The van der Waals surface area contributed by atoms with Gasteiger partial charge in [-0.25, -0.2) is 9.48 Å². The fourth-order valence-electron chi connectivity index (χ4n) is 2.02. The molecule has 0 N–H and O–H groups in total. The number of aromatic nitrogens is 3. The normalized spacial score (nSPS) is 10.7. The van der Waals surface area contributed by atoms with Crippen LogP contribution in [0.25, 0.3) is 16.7 Å². The van der Waals surface area contributed by atoms with E-state index in [4.69, 9.17) is 4.74 Å². The summed E-state index contributed by atoms with van der Waals surface area (Å²) in [6.07, 6.45) is 0. The second-order valence-electron chi connectivity index (χ2n) is 4.26. The van der Waals surface area contributed by atoms with Gasteiger partial charge in [0.25, 0.3) is 0 Å². The van der Waals surface area contributed by atoms with Crippen molar-refractivity contribution in [3.05, 3.63) is 54.1 Å². The number of hydrogen-bond donors (Lipinski definition) is 0. The van der Waals surface area contributed by atoms with Gasteiger partial charge in [0.1, 0.15) is 5.52 Å². The monoisotopic (exact) mass is 267 g/mol. The molecule has 100 valence electrons. The Balaban J connectivity index is 2.11. The zero-order valence-corrected chi connectivity index (χ0v) is 11.0. The van der Waals surface area contributed by atoms with Crippen LogP contribution in [0.2, 0.25) is 0 Å². The molecule has 0 unspecified atom stereocenters. The third-order valence-electron chi connectivity index (χ3n) is 2.96. The van der Waals surface area contributed by atoms with Crippen molar-refractivity contribution < 1.29 is 9.53 Å². The summed E-state index contributed by atoms with van der Waals surface area (Å²) >= 11 is 0. The lowest BCUT2D eigenvalue weighted by Crippen LogP contribution is -2.04. The fourth-order valence-corrected chi connectivity index (χ4v) is 2.02. The highest BCUT2D eigenvalue weighted by Gasteiger charge is 2.11. The van der Waals surface area contributed by atoms with E-state index in [1.54, 1.807) is 29.8 Å². The topological polar surface area (TPSA) is 57.0 Å². The first kappa shape index (κ1) is 12.3. The lowest BCUT2D eigenvalue weighted by Gasteiger charge is -2.04. The van der Waals surface area contributed by atoms with Crippen molar-refractivity contribution in [2.45, 2.75) is 6.92 Å². The van der Waals surface area contributed by atoms with Crippen LogP contribution in [0.4, 0.5) is 0 Å². The Bertz CT molecular complexity index is 750. The Labute approximate surface area is 115 Å². The van der Waals surface area contributed by atoms with Gasteiger partial charge in [0.2, 0.25) is 0 Å². The first-order valence-electron chi connectivity index (χ1n) is 6.37. The lowest BCUT2D eigenvalue weighted by molar-refractivity contribution is 0.0526. The quantitative estimate of drug-likeness (QED) is 0.684. The first-order valence-corrected chi connectivity index (χ1v) is 6.37. The molecular formula is C15H13N3O2. The average molecular weight is 267 g/mol. The smallest absolute Gasteiger partial charge is 0.338 e. The summed E-state index contributed by atoms with van der Waals surface area (Å²) in [5.41, 5.74) is 2.92. The van der Waals surface area contributed by atoms with Gasteiger partial charge in [-0.15, -0.1) is 5.10 Å². The standard InChI is InChI=1S/C15H13N3O2/c1-2-20-15(19)11-8-9-13-14(10-11)18(17-16-13)12-6-4-3-5-7-12/h3-10H,2H2,1H3. The van der Waals surface area contributed by atoms with E-state index in [2.05, 4.69) is 10.3 Å². The molecule has 3 aromatic rings. The highest BCUT2D eigenvalue weighted by atomic mass is 16.5. The molecule has 0 fully saturated rings. The van der Waals surface area contributed by atoms with Gasteiger partial charge in [-0.1, -0.05) is 23.4 Å². The molecule has 0 bridgehead atoms. The number of benzene rings is 2. The molecule has 0 atom stereocenters. The summed E-state index contributed by atoms with van der Waals surface area (Å²) in [6, 6.07) is 14.9. The Kier molecular flexibility index (Phi) is 3.16. The SMILES string of the molecule is CCOC(=O)c1ccc2nnn(-c3ccccc3)c2c1. The summed E-state index contributed by atoms with van der Waals surface area (Å²) in [5.74, 6) is -0.338. The van der Waals surface area contributed by atoms with Gasteiger partial charge in [-0.3, -0.25) is 0 Å².